The van der Waals surface area contributed by atoms with Crippen molar-refractivity contribution >= 4 is 147 Å². The summed E-state index contributed by atoms with van der Waals surface area (Å²) < 4.78 is 2.84. The van der Waals surface area contributed by atoms with Crippen LogP contribution in [0.2, 0.25) is 0 Å². The van der Waals surface area contributed by atoms with Crippen molar-refractivity contribution in [2.24, 2.45) is 28.7 Å². The van der Waals surface area contributed by atoms with Crippen molar-refractivity contribution in [2.45, 2.75) is 214 Å². The fourth-order valence-corrected chi connectivity index (χ4v) is 12.7. The van der Waals surface area contributed by atoms with Gasteiger partial charge in [0.15, 0.2) is 0 Å². The molecule has 0 aliphatic heterocycles. The van der Waals surface area contributed by atoms with Crippen LogP contribution in [-0.2, 0) is 101 Å². The van der Waals surface area contributed by atoms with Crippen molar-refractivity contribution in [3.63, 3.8) is 0 Å². The molecule has 0 aliphatic carbocycles. The predicted molar refractivity (Wildman–Crippen MR) is 445 cm³/mol. The molecule has 119 heavy (non-hydrogen) atoms. The zero-order valence-corrected chi connectivity index (χ0v) is 69.6. The molecule has 0 saturated carbocycles. The van der Waals surface area contributed by atoms with Gasteiger partial charge < -0.3 is 113 Å². The fraction of sp³-hybridized carbons (Fsp3) is 0.481. The molecule has 0 radical (unpaired) electrons. The van der Waals surface area contributed by atoms with E-state index in [9.17, 15) is 62.6 Å². The first-order chi connectivity index (χ1) is 55.8. The number of aromatic amines is 1. The van der Waals surface area contributed by atoms with Crippen LogP contribution in [0.3, 0.4) is 0 Å². The van der Waals surface area contributed by atoms with Gasteiger partial charge in [0, 0.05) is 92.2 Å². The molecule has 0 fully saturated rings. The van der Waals surface area contributed by atoms with Crippen molar-refractivity contribution in [2.75, 3.05) is 26.2 Å². The highest BCUT2D eigenvalue weighted by Gasteiger charge is 2.43. The summed E-state index contributed by atoms with van der Waals surface area (Å²) >= 11 is 9.14. The third-order valence-corrected chi connectivity index (χ3v) is 19.1. The number of amides is 17. The smallest absolute Gasteiger partial charge is 0.245 e. The Morgan fingerprint density at radius 2 is 0.950 bits per heavy atom. The van der Waals surface area contributed by atoms with E-state index in [1.165, 1.54) is 54.7 Å². The number of aliphatic hydroxyl groups is 1. The van der Waals surface area contributed by atoms with Crippen molar-refractivity contribution < 1.29 is 91.4 Å². The number of benzene rings is 4. The Hall–Kier alpha value is -11.9. The molecule has 38 nitrogen and oxygen atoms in total. The van der Waals surface area contributed by atoms with Gasteiger partial charge in [0.25, 0.3) is 0 Å². The number of primary amides is 4. The highest BCUT2D eigenvalue weighted by atomic mass is 32.1. The number of hydrogen-bond acceptors (Lipinski definition) is 22. The Morgan fingerprint density at radius 3 is 1.53 bits per heavy atom. The number of H-pyrrole nitrogens is 1. The summed E-state index contributed by atoms with van der Waals surface area (Å²) in [6, 6.07) is 8.74. The first kappa shape index (κ1) is 97.7. The van der Waals surface area contributed by atoms with Gasteiger partial charge in [-0.15, -0.1) is 0 Å². The number of aliphatic hydroxyl groups excluding tert-OH is 1. The third-order valence-electron chi connectivity index (χ3n) is 18.6. The molecule has 0 bridgehead atoms. The number of aromatic nitrogens is 1. The van der Waals surface area contributed by atoms with E-state index in [0.29, 0.717) is 39.8 Å². The second-order valence-corrected chi connectivity index (χ2v) is 32.7. The summed E-state index contributed by atoms with van der Waals surface area (Å²) in [5, 5.41) is 46.2. The lowest BCUT2D eigenvalue weighted by Gasteiger charge is -2.33. The average Bonchev–Trinajstić information content (AvgIpc) is 1.81. The lowest BCUT2D eigenvalue weighted by molar-refractivity contribution is -0.138. The Bertz CT molecular complexity index is 4490. The van der Waals surface area contributed by atoms with Gasteiger partial charge in [0.2, 0.25) is 100 Å². The van der Waals surface area contributed by atoms with Crippen LogP contribution in [0.15, 0.2) is 97.2 Å². The van der Waals surface area contributed by atoms with E-state index in [-0.39, 0.29) is 70.7 Å². The normalized spacial score (nSPS) is 14.3. The minimum absolute atomic E-state index is 0.127. The lowest BCUT2D eigenvalue weighted by Crippen LogP contribution is -2.64. The van der Waals surface area contributed by atoms with Crippen molar-refractivity contribution in [3.8, 4) is 5.75 Å². The molecule has 1 aromatic heterocycles. The predicted octanol–water partition coefficient (Wildman–Crippen LogP) is -3.44. The SMILES string of the molecule is CC(=O)NCCCC[C@H](NC(=O)C(C)(C)NC(=O)[C@H](Cc1ccc2ccccc2c1)NC(=O)[C@H](Cc1ccc(OCCN)cc1)NC(=O)[C@@H](NC(=O)[C@H](CCC(N)=O)NC(=O)[C@H](Cc1c[nH]c2ccccc12)NC(=O)[C@@H](NC(=O)[C@H](CC(N)=O)NC(=O)[C@@H](NC(C)=O)C(C)(C)S)[C@@H](C)O)C(C)(C)S)C(=O)N[C@@H](CC(N)=O)C(=O)NCCC(N)=O. The van der Waals surface area contributed by atoms with E-state index in [0.717, 1.165) is 24.6 Å². The average molecular weight is 1700 g/mol. The molecule has 5 rings (SSSR count). The topological polar surface area (TPSA) is 622 Å². The monoisotopic (exact) mass is 1690 g/mol. The highest BCUT2D eigenvalue weighted by molar-refractivity contribution is 7.82. The summed E-state index contributed by atoms with van der Waals surface area (Å²) in [7, 11) is 0. The van der Waals surface area contributed by atoms with Gasteiger partial charge >= 0.3 is 0 Å². The Labute approximate surface area is 698 Å². The van der Waals surface area contributed by atoms with Crippen LogP contribution < -0.4 is 103 Å². The summed E-state index contributed by atoms with van der Waals surface area (Å²) in [5.74, 6) is -16.0. The molecule has 5 aromatic rings. The fourth-order valence-electron chi connectivity index (χ4n) is 12.3. The Morgan fingerprint density at radius 1 is 0.462 bits per heavy atom. The lowest BCUT2D eigenvalue weighted by atomic mass is 9.97. The van der Waals surface area contributed by atoms with Crippen LogP contribution in [0.25, 0.3) is 21.7 Å². The van der Waals surface area contributed by atoms with Crippen LogP contribution in [0.4, 0.5) is 0 Å². The van der Waals surface area contributed by atoms with Gasteiger partial charge in [-0.05, 0) is 120 Å². The number of rotatable bonds is 49. The van der Waals surface area contributed by atoms with Gasteiger partial charge in [-0.3, -0.25) is 81.5 Å². The van der Waals surface area contributed by atoms with E-state index in [2.05, 4.69) is 86.7 Å². The van der Waals surface area contributed by atoms with Crippen molar-refractivity contribution in [1.29, 1.82) is 0 Å². The number of thiol groups is 2. The molecular weight excluding hydrogens is 1580 g/mol. The van der Waals surface area contributed by atoms with Crippen molar-refractivity contribution in [3.05, 3.63) is 114 Å². The number of nitrogens with one attached hydrogen (secondary N) is 14. The van der Waals surface area contributed by atoms with Crippen LogP contribution in [0.1, 0.15) is 130 Å². The first-order valence-corrected chi connectivity index (χ1v) is 39.2. The van der Waals surface area contributed by atoms with Gasteiger partial charge in [0.05, 0.1) is 18.9 Å². The van der Waals surface area contributed by atoms with Gasteiger partial charge in [0.1, 0.15) is 78.3 Å². The number of carbonyl (C=O) groups excluding carboxylic acids is 17. The molecule has 40 heteroatoms. The van der Waals surface area contributed by atoms with Gasteiger partial charge in [-0.25, -0.2) is 0 Å². The summed E-state index contributed by atoms with van der Waals surface area (Å²) in [5.41, 5.74) is 27.4. The number of unbranched alkanes of at least 4 members (excludes halogenated alkanes) is 1. The van der Waals surface area contributed by atoms with Crippen LogP contribution >= 0.6 is 25.3 Å². The maximum absolute atomic E-state index is 15.4. The van der Waals surface area contributed by atoms with E-state index in [1.807, 2.05) is 18.2 Å². The van der Waals surface area contributed by atoms with E-state index in [4.69, 9.17) is 46.0 Å². The second kappa shape index (κ2) is 45.7. The minimum Gasteiger partial charge on any atom is -0.492 e. The third kappa shape index (κ3) is 32.5. The summed E-state index contributed by atoms with van der Waals surface area (Å²) in [6.45, 7) is 12.2. The largest absolute Gasteiger partial charge is 0.492 e. The van der Waals surface area contributed by atoms with Crippen LogP contribution in [0.5, 0.6) is 5.75 Å². The number of fused-ring (bicyclic) bond motifs is 2. The van der Waals surface area contributed by atoms with E-state index >= 15 is 24.0 Å². The van der Waals surface area contributed by atoms with Crippen LogP contribution in [-0.4, -0.2) is 218 Å². The molecule has 0 saturated heterocycles. The number of carbonyl (C=O) groups is 17. The molecule has 0 unspecified atom stereocenters. The first-order valence-electron chi connectivity index (χ1n) is 38.3. The Kier molecular flexibility index (Phi) is 37.5. The van der Waals surface area contributed by atoms with E-state index < -0.39 is 202 Å². The molecular formula is C79H111N19O19S2. The quantitative estimate of drug-likeness (QED) is 0.0133. The number of nitrogens with two attached hydrogens (primary N) is 5. The number of ether oxygens (including phenoxy) is 1. The molecule has 11 atom stereocenters. The zero-order valence-electron chi connectivity index (χ0n) is 67.8. The van der Waals surface area contributed by atoms with Gasteiger partial charge in [-0.2, -0.15) is 25.3 Å². The molecule has 17 amide bonds. The summed E-state index contributed by atoms with van der Waals surface area (Å²) in [4.78, 5) is 236. The minimum atomic E-state index is -1.97. The zero-order chi connectivity index (χ0) is 88.8. The van der Waals surface area contributed by atoms with Crippen molar-refractivity contribution in [1.82, 2.24) is 74.1 Å². The van der Waals surface area contributed by atoms with Gasteiger partial charge in [-0.1, -0.05) is 72.8 Å². The summed E-state index contributed by atoms with van der Waals surface area (Å²) in [6.07, 6.45) is -3.87. The molecule has 648 valence electrons. The Balaban J connectivity index is 1.53. The standard InChI is InChI=1S/C79H111N19O19S2/c1-41(99)63(96-71(111)58(39-62(84)105)94-74(114)64(78(6,7)118)88-43(3)101)73(113)92-56(37-48-40-87-51-19-13-12-18-50(48)51)70(110)89-53(27-28-59(81)102)68(108)97-65(79(8,9)119)75(115)93-54(35-44-22-25-49(26-23-44)117-33-30-80)69(109)90-55(36-45-21-24-46-16-10-11-17-47(46)34-45)72(112)98-77(4,5)76(116)95-52(20-14-15-31-85-42(2)100)67(107)91-57(38-61(83)104)66(106)86-32-29-60(82)103/h10-13,16-19,21-26,34,40-41,52-58,63-65,87,99,118-119H,14-15,20,27-33,35-39,80H2,1-9H3,(H2,81,102)(H2,82,103)(H2,83,104)(H2,84,105)(H,85,100)(H,86,106)(H,88,101)(H,89,110)(H,90,109)(H,91,107)(H,92,113)(H,93,115)(H,94,114)(H,95,116)(H,96,111)(H,97,108)(H,98,112)/t41-,52+,53+,54+,55+,56+,57+,58+,63+,64-,65-/m1/s1. The molecule has 0 aliphatic rings. The number of hydrogen-bond donors (Lipinski definition) is 22. The molecule has 25 N–H and O–H groups in total. The maximum atomic E-state index is 15.4. The van der Waals surface area contributed by atoms with E-state index in [1.54, 1.807) is 72.8 Å². The maximum Gasteiger partial charge on any atom is 0.245 e. The highest BCUT2D eigenvalue weighted by Crippen LogP contribution is 2.25. The van der Waals surface area contributed by atoms with Crippen LogP contribution in [0, 0.1) is 0 Å². The second-order valence-electron chi connectivity index (χ2n) is 30.4. The molecule has 1 heterocycles. The number of para-hydroxylation sites is 1. The molecule has 0 spiro atoms. The molecule has 4 aromatic carbocycles.